The maximum Gasteiger partial charge on any atom is 0.138 e. The molecule has 0 aliphatic carbocycles. The molecular formula is C17H20ClNO. The molecule has 0 aliphatic rings. The van der Waals surface area contributed by atoms with E-state index in [1.165, 1.54) is 5.56 Å². The van der Waals surface area contributed by atoms with Crippen molar-refractivity contribution in [1.29, 1.82) is 0 Å². The van der Waals surface area contributed by atoms with Gasteiger partial charge in [0.1, 0.15) is 12.4 Å². The second-order valence-corrected chi connectivity index (χ2v) is 5.23. The van der Waals surface area contributed by atoms with Crippen molar-refractivity contribution in [1.82, 2.24) is 5.32 Å². The second kappa shape index (κ2) is 7.32. The zero-order valence-corrected chi connectivity index (χ0v) is 12.7. The molecule has 0 fully saturated rings. The van der Waals surface area contributed by atoms with Crippen molar-refractivity contribution in [2.75, 3.05) is 6.54 Å². The molecule has 2 nitrogen and oxygen atoms in total. The van der Waals surface area contributed by atoms with Gasteiger partial charge in [-0.25, -0.2) is 0 Å². The van der Waals surface area contributed by atoms with Crippen LogP contribution in [0.1, 0.15) is 23.6 Å². The van der Waals surface area contributed by atoms with Gasteiger partial charge in [-0.2, -0.15) is 0 Å². The molecular weight excluding hydrogens is 270 g/mol. The van der Waals surface area contributed by atoms with E-state index in [-0.39, 0.29) is 0 Å². The van der Waals surface area contributed by atoms with Crippen molar-refractivity contribution in [3.8, 4) is 5.75 Å². The average molecular weight is 290 g/mol. The van der Waals surface area contributed by atoms with Crippen LogP contribution in [0, 0.1) is 6.92 Å². The normalized spacial score (nSPS) is 10.6. The summed E-state index contributed by atoms with van der Waals surface area (Å²) >= 11 is 6.16. The van der Waals surface area contributed by atoms with E-state index >= 15 is 0 Å². The third kappa shape index (κ3) is 4.26. The molecule has 0 saturated heterocycles. The quantitative estimate of drug-likeness (QED) is 0.854. The third-order valence-corrected chi connectivity index (χ3v) is 3.35. The van der Waals surface area contributed by atoms with Gasteiger partial charge in [-0.15, -0.1) is 0 Å². The number of benzene rings is 2. The summed E-state index contributed by atoms with van der Waals surface area (Å²) in [5.74, 6) is 0.731. The van der Waals surface area contributed by atoms with E-state index in [1.807, 2.05) is 25.1 Å². The van der Waals surface area contributed by atoms with Gasteiger partial charge in [-0.1, -0.05) is 48.9 Å². The highest BCUT2D eigenvalue weighted by atomic mass is 35.5. The van der Waals surface area contributed by atoms with Crippen LogP contribution in [0.4, 0.5) is 0 Å². The molecule has 0 amide bonds. The first kappa shape index (κ1) is 14.9. The van der Waals surface area contributed by atoms with Gasteiger partial charge < -0.3 is 10.1 Å². The first-order chi connectivity index (χ1) is 9.69. The van der Waals surface area contributed by atoms with Crippen molar-refractivity contribution >= 4 is 11.6 Å². The Kier molecular flexibility index (Phi) is 5.45. The van der Waals surface area contributed by atoms with E-state index in [1.54, 1.807) is 0 Å². The molecule has 2 rings (SSSR count). The Hall–Kier alpha value is -1.51. The highest BCUT2D eigenvalue weighted by Crippen LogP contribution is 2.26. The maximum absolute atomic E-state index is 6.16. The molecule has 2 aromatic carbocycles. The van der Waals surface area contributed by atoms with Crippen LogP contribution in [0.2, 0.25) is 5.02 Å². The van der Waals surface area contributed by atoms with Crippen LogP contribution in [-0.2, 0) is 13.2 Å². The summed E-state index contributed by atoms with van der Waals surface area (Å²) in [5.41, 5.74) is 3.55. The summed E-state index contributed by atoms with van der Waals surface area (Å²) in [6, 6.07) is 14.2. The van der Waals surface area contributed by atoms with Crippen LogP contribution < -0.4 is 10.1 Å². The summed E-state index contributed by atoms with van der Waals surface area (Å²) in [7, 11) is 0. The van der Waals surface area contributed by atoms with Gasteiger partial charge in [0.15, 0.2) is 0 Å². The summed E-state index contributed by atoms with van der Waals surface area (Å²) < 4.78 is 5.78. The molecule has 0 spiro atoms. The van der Waals surface area contributed by atoms with E-state index in [0.717, 1.165) is 30.0 Å². The maximum atomic E-state index is 6.16. The van der Waals surface area contributed by atoms with Gasteiger partial charge in [0.05, 0.1) is 5.02 Å². The fraction of sp³-hybridized carbons (Fsp3) is 0.294. The monoisotopic (exact) mass is 289 g/mol. The molecule has 20 heavy (non-hydrogen) atoms. The van der Waals surface area contributed by atoms with E-state index in [2.05, 4.69) is 36.5 Å². The molecule has 1 N–H and O–H groups in total. The fourth-order valence-corrected chi connectivity index (χ4v) is 2.27. The number of nitrogens with one attached hydrogen (secondary N) is 1. The minimum atomic E-state index is 0.531. The first-order valence-corrected chi connectivity index (χ1v) is 7.24. The molecule has 0 saturated carbocycles. The van der Waals surface area contributed by atoms with Crippen LogP contribution >= 0.6 is 11.6 Å². The molecule has 0 unspecified atom stereocenters. The molecule has 0 bridgehead atoms. The first-order valence-electron chi connectivity index (χ1n) is 6.86. The zero-order valence-electron chi connectivity index (χ0n) is 11.9. The Balaban J connectivity index is 1.99. The van der Waals surface area contributed by atoms with Crippen molar-refractivity contribution < 1.29 is 4.74 Å². The third-order valence-electron chi connectivity index (χ3n) is 3.05. The smallest absolute Gasteiger partial charge is 0.138 e. The lowest BCUT2D eigenvalue weighted by molar-refractivity contribution is 0.306. The number of aryl methyl sites for hydroxylation is 1. The van der Waals surface area contributed by atoms with Crippen molar-refractivity contribution in [3.63, 3.8) is 0 Å². The molecule has 0 atom stereocenters. The predicted octanol–water partition coefficient (Wildman–Crippen LogP) is 4.34. The Labute approximate surface area is 125 Å². The molecule has 3 heteroatoms. The highest BCUT2D eigenvalue weighted by Gasteiger charge is 2.02. The predicted molar refractivity (Wildman–Crippen MR) is 84.3 cm³/mol. The Morgan fingerprint density at radius 1 is 1.10 bits per heavy atom. The van der Waals surface area contributed by atoms with E-state index in [4.69, 9.17) is 16.3 Å². The lowest BCUT2D eigenvalue weighted by atomic mass is 10.1. The fourth-order valence-electron chi connectivity index (χ4n) is 1.98. The molecule has 2 aromatic rings. The van der Waals surface area contributed by atoms with Crippen LogP contribution in [-0.4, -0.2) is 6.54 Å². The molecule has 0 aromatic heterocycles. The second-order valence-electron chi connectivity index (χ2n) is 4.82. The Bertz CT molecular complexity index is 569. The SMILES string of the molecule is CCNCc1cccc(COc2ccc(C)cc2Cl)c1. The van der Waals surface area contributed by atoms with Crippen LogP contribution in [0.5, 0.6) is 5.75 Å². The Morgan fingerprint density at radius 3 is 2.65 bits per heavy atom. The van der Waals surface area contributed by atoms with E-state index < -0.39 is 0 Å². The van der Waals surface area contributed by atoms with Gasteiger partial charge in [0.25, 0.3) is 0 Å². The lowest BCUT2D eigenvalue weighted by Crippen LogP contribution is -2.11. The van der Waals surface area contributed by atoms with Crippen LogP contribution in [0.3, 0.4) is 0 Å². The molecule has 0 aliphatic heterocycles. The van der Waals surface area contributed by atoms with E-state index in [0.29, 0.717) is 11.6 Å². The van der Waals surface area contributed by atoms with Crippen molar-refractivity contribution in [3.05, 3.63) is 64.2 Å². The molecule has 0 radical (unpaired) electrons. The van der Waals surface area contributed by atoms with Crippen LogP contribution in [0.25, 0.3) is 0 Å². The number of ether oxygens (including phenoxy) is 1. The lowest BCUT2D eigenvalue weighted by Gasteiger charge is -2.10. The molecule has 106 valence electrons. The standard InChI is InChI=1S/C17H20ClNO/c1-3-19-11-14-5-4-6-15(10-14)12-20-17-8-7-13(2)9-16(17)18/h4-10,19H,3,11-12H2,1-2H3. The summed E-state index contributed by atoms with van der Waals surface area (Å²) in [6.45, 7) is 6.50. The zero-order chi connectivity index (χ0) is 14.4. The minimum absolute atomic E-state index is 0.531. The largest absolute Gasteiger partial charge is 0.487 e. The number of hydrogen-bond acceptors (Lipinski definition) is 2. The molecule has 0 heterocycles. The van der Waals surface area contributed by atoms with E-state index in [9.17, 15) is 0 Å². The number of rotatable bonds is 6. The minimum Gasteiger partial charge on any atom is -0.487 e. The highest BCUT2D eigenvalue weighted by molar-refractivity contribution is 6.32. The van der Waals surface area contributed by atoms with Gasteiger partial charge in [-0.05, 0) is 42.3 Å². The van der Waals surface area contributed by atoms with Gasteiger partial charge in [-0.3, -0.25) is 0 Å². The van der Waals surface area contributed by atoms with Crippen molar-refractivity contribution in [2.24, 2.45) is 0 Å². The Morgan fingerprint density at radius 2 is 1.90 bits per heavy atom. The van der Waals surface area contributed by atoms with Gasteiger partial charge in [0, 0.05) is 6.54 Å². The topological polar surface area (TPSA) is 21.3 Å². The van der Waals surface area contributed by atoms with Gasteiger partial charge in [0.2, 0.25) is 0 Å². The van der Waals surface area contributed by atoms with Crippen molar-refractivity contribution in [2.45, 2.75) is 27.0 Å². The summed E-state index contributed by atoms with van der Waals surface area (Å²) in [5, 5.41) is 3.98. The van der Waals surface area contributed by atoms with Crippen LogP contribution in [0.15, 0.2) is 42.5 Å². The van der Waals surface area contributed by atoms with Gasteiger partial charge >= 0.3 is 0 Å². The summed E-state index contributed by atoms with van der Waals surface area (Å²) in [4.78, 5) is 0. The average Bonchev–Trinajstić information content (AvgIpc) is 2.45. The number of hydrogen-bond donors (Lipinski definition) is 1. The number of halogens is 1. The summed E-state index contributed by atoms with van der Waals surface area (Å²) in [6.07, 6.45) is 0.